The number of pyridine rings is 1. The molecule has 1 aromatic heterocycles. The van der Waals surface area contributed by atoms with Gasteiger partial charge < -0.3 is 5.11 Å². The first-order chi connectivity index (χ1) is 7.37. The lowest BCUT2D eigenvalue weighted by atomic mass is 10.1. The van der Waals surface area contributed by atoms with Crippen LogP contribution in [-0.2, 0) is 6.42 Å². The zero-order chi connectivity index (χ0) is 12.2. The summed E-state index contributed by atoms with van der Waals surface area (Å²) in [5.74, 6) is 0. The third kappa shape index (κ3) is 5.46. The minimum atomic E-state index is -4.21. The average molecular weight is 298 g/mol. The van der Waals surface area contributed by atoms with Crippen LogP contribution in [0.15, 0.2) is 22.8 Å². The van der Waals surface area contributed by atoms with E-state index >= 15 is 0 Å². The van der Waals surface area contributed by atoms with Crippen LogP contribution < -0.4 is 0 Å². The van der Waals surface area contributed by atoms with Crippen LogP contribution in [0.25, 0.3) is 0 Å². The van der Waals surface area contributed by atoms with E-state index in [9.17, 15) is 18.3 Å². The lowest BCUT2D eigenvalue weighted by Crippen LogP contribution is -2.16. The standard InChI is InChI=1S/C10H11BrF3NO/c11-7-1-2-8(15-6-7)5-9(16)3-4-10(12,13)14/h1-2,6,9,16H,3-5H2. The Morgan fingerprint density at radius 2 is 2.06 bits per heavy atom. The Kier molecular flexibility index (Phi) is 4.73. The van der Waals surface area contributed by atoms with E-state index in [2.05, 4.69) is 20.9 Å². The molecule has 1 N–H and O–H groups in total. The van der Waals surface area contributed by atoms with E-state index in [-0.39, 0.29) is 12.8 Å². The second-order valence-corrected chi connectivity index (χ2v) is 4.40. The first-order valence-corrected chi connectivity index (χ1v) is 5.51. The van der Waals surface area contributed by atoms with Crippen LogP contribution in [0.2, 0.25) is 0 Å². The molecule has 2 nitrogen and oxygen atoms in total. The van der Waals surface area contributed by atoms with Gasteiger partial charge in [0.15, 0.2) is 0 Å². The van der Waals surface area contributed by atoms with Crippen LogP contribution in [0.1, 0.15) is 18.5 Å². The van der Waals surface area contributed by atoms with Crippen molar-refractivity contribution >= 4 is 15.9 Å². The second kappa shape index (κ2) is 5.63. The molecule has 1 heterocycles. The van der Waals surface area contributed by atoms with Crippen molar-refractivity contribution < 1.29 is 18.3 Å². The summed E-state index contributed by atoms with van der Waals surface area (Å²) in [6.07, 6.45) is -4.79. The van der Waals surface area contributed by atoms with Crippen LogP contribution in [0, 0.1) is 0 Å². The van der Waals surface area contributed by atoms with E-state index in [4.69, 9.17) is 0 Å². The summed E-state index contributed by atoms with van der Waals surface area (Å²) >= 11 is 3.19. The molecule has 0 aliphatic carbocycles. The fraction of sp³-hybridized carbons (Fsp3) is 0.500. The number of aromatic nitrogens is 1. The van der Waals surface area contributed by atoms with Crippen molar-refractivity contribution in [1.82, 2.24) is 4.98 Å². The summed E-state index contributed by atoms with van der Waals surface area (Å²) in [6.45, 7) is 0. The number of aliphatic hydroxyl groups is 1. The number of nitrogens with zero attached hydrogens (tertiary/aromatic N) is 1. The number of alkyl halides is 3. The van der Waals surface area contributed by atoms with Gasteiger partial charge in [0.05, 0.1) is 6.10 Å². The van der Waals surface area contributed by atoms with Crippen LogP contribution in [0.5, 0.6) is 0 Å². The second-order valence-electron chi connectivity index (χ2n) is 3.48. The van der Waals surface area contributed by atoms with Gasteiger partial charge in [0.1, 0.15) is 0 Å². The molecule has 1 aromatic rings. The molecule has 0 spiro atoms. The molecule has 1 rings (SSSR count). The lowest BCUT2D eigenvalue weighted by Gasteiger charge is -2.11. The zero-order valence-electron chi connectivity index (χ0n) is 8.34. The van der Waals surface area contributed by atoms with E-state index in [0.29, 0.717) is 5.69 Å². The Labute approximate surface area is 99.6 Å². The summed E-state index contributed by atoms with van der Waals surface area (Å²) in [4.78, 5) is 3.97. The number of hydrogen-bond acceptors (Lipinski definition) is 2. The molecule has 0 aromatic carbocycles. The Hall–Kier alpha value is -0.620. The van der Waals surface area contributed by atoms with E-state index in [0.717, 1.165) is 4.47 Å². The molecular formula is C10H11BrF3NO. The number of hydrogen-bond donors (Lipinski definition) is 1. The van der Waals surface area contributed by atoms with Crippen molar-refractivity contribution in [2.24, 2.45) is 0 Å². The van der Waals surface area contributed by atoms with Crippen molar-refractivity contribution in [3.8, 4) is 0 Å². The largest absolute Gasteiger partial charge is 0.393 e. The van der Waals surface area contributed by atoms with Gasteiger partial charge in [-0.05, 0) is 34.5 Å². The molecule has 0 aliphatic rings. The quantitative estimate of drug-likeness (QED) is 0.926. The van der Waals surface area contributed by atoms with E-state index < -0.39 is 18.7 Å². The predicted molar refractivity (Wildman–Crippen MR) is 56.9 cm³/mol. The summed E-state index contributed by atoms with van der Waals surface area (Å²) in [5.41, 5.74) is 0.581. The van der Waals surface area contributed by atoms with Gasteiger partial charge in [-0.25, -0.2) is 0 Å². The molecule has 0 radical (unpaired) electrons. The first-order valence-electron chi connectivity index (χ1n) is 4.72. The summed E-state index contributed by atoms with van der Waals surface area (Å²) in [5, 5.41) is 9.38. The highest BCUT2D eigenvalue weighted by molar-refractivity contribution is 9.10. The van der Waals surface area contributed by atoms with Gasteiger partial charge in [-0.15, -0.1) is 0 Å². The number of rotatable bonds is 4. The van der Waals surface area contributed by atoms with Gasteiger partial charge in [-0.1, -0.05) is 0 Å². The van der Waals surface area contributed by atoms with Gasteiger partial charge in [-0.2, -0.15) is 13.2 Å². The fourth-order valence-electron chi connectivity index (χ4n) is 1.20. The maximum absolute atomic E-state index is 11.9. The summed E-state index contributed by atoms with van der Waals surface area (Å²) in [7, 11) is 0. The average Bonchev–Trinajstić information content (AvgIpc) is 2.18. The molecule has 0 saturated carbocycles. The van der Waals surface area contributed by atoms with Crippen LogP contribution in [-0.4, -0.2) is 22.4 Å². The summed E-state index contributed by atoms with van der Waals surface area (Å²) < 4.78 is 36.4. The Morgan fingerprint density at radius 1 is 1.38 bits per heavy atom. The monoisotopic (exact) mass is 297 g/mol. The third-order valence-corrected chi connectivity index (χ3v) is 2.46. The van der Waals surface area contributed by atoms with E-state index in [1.54, 1.807) is 18.3 Å². The molecule has 1 unspecified atom stereocenters. The Morgan fingerprint density at radius 3 is 2.56 bits per heavy atom. The van der Waals surface area contributed by atoms with Crippen molar-refractivity contribution in [3.63, 3.8) is 0 Å². The molecule has 0 aliphatic heterocycles. The predicted octanol–water partition coefficient (Wildman–Crippen LogP) is 3.09. The van der Waals surface area contributed by atoms with E-state index in [1.165, 1.54) is 0 Å². The fourth-order valence-corrected chi connectivity index (χ4v) is 1.44. The minimum absolute atomic E-state index is 0.142. The lowest BCUT2D eigenvalue weighted by molar-refractivity contribution is -0.139. The third-order valence-electron chi connectivity index (χ3n) is 1.99. The van der Waals surface area contributed by atoms with Crippen molar-refractivity contribution in [3.05, 3.63) is 28.5 Å². The van der Waals surface area contributed by atoms with Gasteiger partial charge in [-0.3, -0.25) is 4.98 Å². The topological polar surface area (TPSA) is 33.1 Å². The highest BCUT2D eigenvalue weighted by Gasteiger charge is 2.27. The molecule has 0 fully saturated rings. The van der Waals surface area contributed by atoms with Crippen LogP contribution >= 0.6 is 15.9 Å². The Balaban J connectivity index is 2.39. The molecule has 1 atom stereocenters. The van der Waals surface area contributed by atoms with E-state index in [1.807, 2.05) is 0 Å². The van der Waals surface area contributed by atoms with Crippen molar-refractivity contribution in [2.75, 3.05) is 0 Å². The van der Waals surface area contributed by atoms with Gasteiger partial charge in [0.2, 0.25) is 0 Å². The van der Waals surface area contributed by atoms with Crippen molar-refractivity contribution in [1.29, 1.82) is 0 Å². The molecule has 90 valence electrons. The maximum atomic E-state index is 11.9. The first kappa shape index (κ1) is 13.4. The van der Waals surface area contributed by atoms with Crippen LogP contribution in [0.4, 0.5) is 13.2 Å². The molecule has 0 saturated heterocycles. The number of halogens is 4. The number of aliphatic hydroxyl groups excluding tert-OH is 1. The molecule has 0 bridgehead atoms. The van der Waals surface area contributed by atoms with Gasteiger partial charge in [0, 0.05) is 29.2 Å². The molecular weight excluding hydrogens is 287 g/mol. The van der Waals surface area contributed by atoms with Crippen molar-refractivity contribution in [2.45, 2.75) is 31.5 Å². The maximum Gasteiger partial charge on any atom is 0.389 e. The smallest absolute Gasteiger partial charge is 0.389 e. The zero-order valence-corrected chi connectivity index (χ0v) is 9.92. The van der Waals surface area contributed by atoms with Crippen LogP contribution in [0.3, 0.4) is 0 Å². The SMILES string of the molecule is OC(CCC(F)(F)F)Cc1ccc(Br)cn1. The molecule has 6 heteroatoms. The summed E-state index contributed by atoms with van der Waals surface area (Å²) in [6, 6.07) is 3.40. The van der Waals surface area contributed by atoms with Gasteiger partial charge in [0.25, 0.3) is 0 Å². The molecule has 16 heavy (non-hydrogen) atoms. The van der Waals surface area contributed by atoms with Gasteiger partial charge >= 0.3 is 6.18 Å². The highest BCUT2D eigenvalue weighted by Crippen LogP contribution is 2.23. The highest BCUT2D eigenvalue weighted by atomic mass is 79.9. The Bertz CT molecular complexity index is 326. The normalized spacial score (nSPS) is 13.8. The molecule has 0 amide bonds. The minimum Gasteiger partial charge on any atom is -0.393 e.